The summed E-state index contributed by atoms with van der Waals surface area (Å²) >= 11 is 0. The van der Waals surface area contributed by atoms with Gasteiger partial charge in [0.05, 0.1) is 0 Å². The number of hydrogen-bond donors (Lipinski definition) is 3. The topological polar surface area (TPSA) is 58.3 Å². The Kier molecular flexibility index (Phi) is 7.67. The van der Waals surface area contributed by atoms with E-state index in [4.69, 9.17) is 0 Å². The summed E-state index contributed by atoms with van der Waals surface area (Å²) in [5.74, 6) is 0.402. The summed E-state index contributed by atoms with van der Waals surface area (Å²) in [5.41, 5.74) is 3.15. The van der Waals surface area contributed by atoms with Gasteiger partial charge in [-0.3, -0.25) is 9.59 Å². The number of amides is 2. The minimum atomic E-state index is 0.0797. The summed E-state index contributed by atoms with van der Waals surface area (Å²) in [5, 5.41) is 3.10. The summed E-state index contributed by atoms with van der Waals surface area (Å²) < 4.78 is 0. The molecule has 0 aliphatic carbocycles. The second kappa shape index (κ2) is 10.2. The molecule has 160 valence electrons. The molecule has 3 N–H and O–H groups in total. The van der Waals surface area contributed by atoms with Gasteiger partial charge in [-0.05, 0) is 50.7 Å². The van der Waals surface area contributed by atoms with E-state index in [0.717, 1.165) is 68.8 Å². The fourth-order valence-electron chi connectivity index (χ4n) is 4.80. The summed E-state index contributed by atoms with van der Waals surface area (Å²) in [4.78, 5) is 30.1. The maximum Gasteiger partial charge on any atom is 0.279 e. The van der Waals surface area contributed by atoms with E-state index in [9.17, 15) is 9.59 Å². The maximum atomic E-state index is 12.8. The average Bonchev–Trinajstić information content (AvgIpc) is 2.72. The molecule has 0 bridgehead atoms. The van der Waals surface area contributed by atoms with Crippen LogP contribution in [0.2, 0.25) is 0 Å². The Morgan fingerprint density at radius 1 is 1.03 bits per heavy atom. The number of likely N-dealkylation sites (tertiary alicyclic amines) is 1. The lowest BCUT2D eigenvalue weighted by Gasteiger charge is -2.36. The molecule has 2 fully saturated rings. The fourth-order valence-corrected chi connectivity index (χ4v) is 4.80. The van der Waals surface area contributed by atoms with Gasteiger partial charge in [-0.1, -0.05) is 25.1 Å². The number of piperidine rings is 1. The van der Waals surface area contributed by atoms with E-state index < -0.39 is 0 Å². The number of hydrogen-bond acceptors (Lipinski definition) is 2. The first-order chi connectivity index (χ1) is 14.0. The Morgan fingerprint density at radius 2 is 1.66 bits per heavy atom. The maximum absolute atomic E-state index is 12.8. The van der Waals surface area contributed by atoms with E-state index >= 15 is 0 Å². The second-order valence-corrected chi connectivity index (χ2v) is 8.81. The molecular weight excluding hydrogens is 364 g/mol. The SMILES string of the molecule is CC[C@@H]1CCCCN1C(=O)C[NH+]1CC[NH+](CC(=O)Nc2c(C)cccc2C)CC1. The van der Waals surface area contributed by atoms with E-state index in [2.05, 4.69) is 17.1 Å². The van der Waals surface area contributed by atoms with Crippen LogP contribution in [0.3, 0.4) is 0 Å². The summed E-state index contributed by atoms with van der Waals surface area (Å²) in [6, 6.07) is 6.51. The van der Waals surface area contributed by atoms with Crippen molar-refractivity contribution in [3.8, 4) is 0 Å². The highest BCUT2D eigenvalue weighted by molar-refractivity contribution is 5.93. The number of anilines is 1. The molecule has 0 spiro atoms. The van der Waals surface area contributed by atoms with Crippen LogP contribution in [0.15, 0.2) is 18.2 Å². The van der Waals surface area contributed by atoms with E-state index in [0.29, 0.717) is 25.0 Å². The number of nitrogens with one attached hydrogen (secondary N) is 3. The lowest BCUT2D eigenvalue weighted by molar-refractivity contribution is -1.00. The van der Waals surface area contributed by atoms with Crippen LogP contribution >= 0.6 is 0 Å². The molecule has 2 aliphatic heterocycles. The Morgan fingerprint density at radius 3 is 2.28 bits per heavy atom. The Balaban J connectivity index is 1.43. The minimum Gasteiger partial charge on any atom is -0.335 e. The highest BCUT2D eigenvalue weighted by Crippen LogP contribution is 2.19. The van der Waals surface area contributed by atoms with Crippen LogP contribution in [0.5, 0.6) is 0 Å². The molecule has 1 aromatic rings. The number of carbonyl (C=O) groups is 2. The number of quaternary nitrogens is 2. The van der Waals surface area contributed by atoms with Crippen molar-refractivity contribution >= 4 is 17.5 Å². The van der Waals surface area contributed by atoms with Crippen molar-refractivity contribution in [2.75, 3.05) is 51.1 Å². The number of para-hydroxylation sites is 1. The van der Waals surface area contributed by atoms with Crippen LogP contribution < -0.4 is 15.1 Å². The number of nitrogens with zero attached hydrogens (tertiary/aromatic N) is 1. The predicted molar refractivity (Wildman–Crippen MR) is 115 cm³/mol. The summed E-state index contributed by atoms with van der Waals surface area (Å²) in [6.07, 6.45) is 4.62. The van der Waals surface area contributed by atoms with Gasteiger partial charge in [0.25, 0.3) is 11.8 Å². The van der Waals surface area contributed by atoms with Gasteiger partial charge in [0.1, 0.15) is 26.2 Å². The predicted octanol–water partition coefficient (Wildman–Crippen LogP) is -0.184. The molecule has 3 rings (SSSR count). The second-order valence-electron chi connectivity index (χ2n) is 8.81. The molecule has 0 aromatic heterocycles. The van der Waals surface area contributed by atoms with Crippen molar-refractivity contribution < 1.29 is 19.4 Å². The lowest BCUT2D eigenvalue weighted by atomic mass is 10.00. The number of carbonyl (C=O) groups excluding carboxylic acids is 2. The summed E-state index contributed by atoms with van der Waals surface area (Å²) in [6.45, 7) is 12.1. The van der Waals surface area contributed by atoms with Gasteiger partial charge in [0.15, 0.2) is 13.1 Å². The molecule has 29 heavy (non-hydrogen) atoms. The van der Waals surface area contributed by atoms with E-state index in [1.165, 1.54) is 16.2 Å². The zero-order chi connectivity index (χ0) is 20.8. The molecule has 2 aliphatic rings. The Bertz CT molecular complexity index is 693. The number of benzene rings is 1. The van der Waals surface area contributed by atoms with Gasteiger partial charge in [0, 0.05) is 18.3 Å². The van der Waals surface area contributed by atoms with Crippen molar-refractivity contribution in [3.63, 3.8) is 0 Å². The Hall–Kier alpha value is -1.92. The van der Waals surface area contributed by atoms with E-state index in [-0.39, 0.29) is 5.91 Å². The van der Waals surface area contributed by atoms with Crippen LogP contribution in [0.25, 0.3) is 0 Å². The average molecular weight is 403 g/mol. The molecule has 6 heteroatoms. The zero-order valence-electron chi connectivity index (χ0n) is 18.4. The highest BCUT2D eigenvalue weighted by atomic mass is 16.2. The molecule has 6 nitrogen and oxygen atoms in total. The van der Waals surface area contributed by atoms with Gasteiger partial charge in [-0.25, -0.2) is 0 Å². The summed E-state index contributed by atoms with van der Waals surface area (Å²) in [7, 11) is 0. The first-order valence-corrected chi connectivity index (χ1v) is 11.3. The lowest BCUT2D eigenvalue weighted by Crippen LogP contribution is -3.28. The van der Waals surface area contributed by atoms with Gasteiger partial charge in [0.2, 0.25) is 0 Å². The van der Waals surface area contributed by atoms with E-state index in [1.807, 2.05) is 32.0 Å². The van der Waals surface area contributed by atoms with Crippen LogP contribution in [0.4, 0.5) is 5.69 Å². The normalized spacial score (nSPS) is 24.9. The number of aryl methyl sites for hydroxylation is 2. The smallest absolute Gasteiger partial charge is 0.279 e. The third-order valence-corrected chi connectivity index (χ3v) is 6.64. The standard InChI is InChI=1S/C23H36N4O2/c1-4-20-10-5-6-11-27(20)22(29)17-26-14-12-25(13-15-26)16-21(28)24-23-18(2)8-7-9-19(23)3/h7-9,20H,4-6,10-17H2,1-3H3,(H,24,28)/p+2/t20-/m1/s1. The molecule has 2 saturated heterocycles. The number of rotatable bonds is 6. The molecule has 0 unspecified atom stereocenters. The first kappa shape index (κ1) is 21.8. The molecule has 1 atom stereocenters. The molecule has 0 saturated carbocycles. The van der Waals surface area contributed by atoms with Gasteiger partial charge in [-0.2, -0.15) is 0 Å². The fraction of sp³-hybridized carbons (Fsp3) is 0.652. The van der Waals surface area contributed by atoms with Gasteiger partial charge in [-0.15, -0.1) is 0 Å². The molecule has 0 radical (unpaired) electrons. The molecule has 2 heterocycles. The van der Waals surface area contributed by atoms with Crippen molar-refractivity contribution in [1.29, 1.82) is 0 Å². The molecular formula is C23H38N4O2+2. The quantitative estimate of drug-likeness (QED) is 0.618. The molecule has 2 amide bonds. The van der Waals surface area contributed by atoms with Crippen LogP contribution in [0.1, 0.15) is 43.7 Å². The Labute approximate surface area is 175 Å². The monoisotopic (exact) mass is 402 g/mol. The number of piperazine rings is 1. The highest BCUT2D eigenvalue weighted by Gasteiger charge is 2.31. The van der Waals surface area contributed by atoms with Crippen LogP contribution in [-0.4, -0.2) is 68.6 Å². The van der Waals surface area contributed by atoms with E-state index in [1.54, 1.807) is 0 Å². The van der Waals surface area contributed by atoms with Crippen molar-refractivity contribution in [2.45, 2.75) is 52.5 Å². The van der Waals surface area contributed by atoms with Gasteiger partial charge >= 0.3 is 0 Å². The van der Waals surface area contributed by atoms with Gasteiger partial charge < -0.3 is 20.0 Å². The zero-order valence-corrected chi connectivity index (χ0v) is 18.4. The van der Waals surface area contributed by atoms with Crippen LogP contribution in [-0.2, 0) is 9.59 Å². The van der Waals surface area contributed by atoms with Crippen molar-refractivity contribution in [2.24, 2.45) is 0 Å². The minimum absolute atomic E-state index is 0.0797. The third kappa shape index (κ3) is 5.80. The molecule has 1 aromatic carbocycles. The van der Waals surface area contributed by atoms with Crippen LogP contribution in [0, 0.1) is 13.8 Å². The largest absolute Gasteiger partial charge is 0.335 e. The van der Waals surface area contributed by atoms with Crippen molar-refractivity contribution in [3.05, 3.63) is 29.3 Å². The third-order valence-electron chi connectivity index (χ3n) is 6.64. The first-order valence-electron chi connectivity index (χ1n) is 11.3. The van der Waals surface area contributed by atoms with Crippen molar-refractivity contribution in [1.82, 2.24) is 4.90 Å².